The van der Waals surface area contributed by atoms with Crippen molar-refractivity contribution in [2.24, 2.45) is 0 Å². The maximum atomic E-state index is 12.1. The van der Waals surface area contributed by atoms with E-state index in [-0.39, 0.29) is 12.5 Å². The number of amides is 1. The van der Waals surface area contributed by atoms with Crippen LogP contribution in [-0.4, -0.2) is 35.5 Å². The standard InChI is InChI=1S/C17H19NO5/c1-18(16(19)7-4-14-8-9-22-11-14)10-13-2-5-15(6-3-13)23-12-17(20)21/h2-3,5-6,8-9,11H,4,7,10,12H2,1H3,(H,20,21). The second-order valence-corrected chi connectivity index (χ2v) is 5.21. The molecule has 6 heteroatoms. The maximum absolute atomic E-state index is 12.1. The molecule has 1 aromatic heterocycles. The number of carboxylic acid groups (broad SMARTS) is 1. The molecule has 1 N–H and O–H groups in total. The van der Waals surface area contributed by atoms with Gasteiger partial charge in [-0.3, -0.25) is 4.79 Å². The fourth-order valence-corrected chi connectivity index (χ4v) is 2.08. The molecule has 2 rings (SSSR count). The van der Waals surface area contributed by atoms with Crippen LogP contribution < -0.4 is 4.74 Å². The molecule has 122 valence electrons. The summed E-state index contributed by atoms with van der Waals surface area (Å²) in [7, 11) is 1.76. The van der Waals surface area contributed by atoms with Crippen molar-refractivity contribution in [2.45, 2.75) is 19.4 Å². The third kappa shape index (κ3) is 5.50. The van der Waals surface area contributed by atoms with E-state index in [9.17, 15) is 9.59 Å². The van der Waals surface area contributed by atoms with Crippen LogP contribution in [0.4, 0.5) is 0 Å². The molecule has 0 aliphatic rings. The van der Waals surface area contributed by atoms with Crippen LogP contribution in [0, 0.1) is 0 Å². The zero-order chi connectivity index (χ0) is 16.7. The third-order valence-corrected chi connectivity index (χ3v) is 3.34. The first-order chi connectivity index (χ1) is 11.0. The second kappa shape index (κ2) is 8.03. The van der Waals surface area contributed by atoms with Crippen molar-refractivity contribution in [1.29, 1.82) is 0 Å². The Balaban J connectivity index is 1.80. The van der Waals surface area contributed by atoms with Crippen molar-refractivity contribution in [3.05, 3.63) is 54.0 Å². The van der Waals surface area contributed by atoms with Gasteiger partial charge in [-0.1, -0.05) is 12.1 Å². The molecule has 6 nitrogen and oxygen atoms in total. The van der Waals surface area contributed by atoms with Crippen LogP contribution >= 0.6 is 0 Å². The number of nitrogens with zero attached hydrogens (tertiary/aromatic N) is 1. The van der Waals surface area contributed by atoms with Crippen LogP contribution in [0.1, 0.15) is 17.5 Å². The predicted molar refractivity (Wildman–Crippen MR) is 83.1 cm³/mol. The molecular formula is C17H19NO5. The van der Waals surface area contributed by atoms with Crippen LogP contribution in [0.15, 0.2) is 47.3 Å². The van der Waals surface area contributed by atoms with E-state index in [1.807, 2.05) is 18.2 Å². The van der Waals surface area contributed by atoms with Gasteiger partial charge in [0.25, 0.3) is 0 Å². The minimum Gasteiger partial charge on any atom is -0.482 e. The van der Waals surface area contributed by atoms with E-state index < -0.39 is 5.97 Å². The molecule has 0 unspecified atom stereocenters. The second-order valence-electron chi connectivity index (χ2n) is 5.21. The highest BCUT2D eigenvalue weighted by atomic mass is 16.5. The molecule has 0 saturated carbocycles. The lowest BCUT2D eigenvalue weighted by atomic mass is 10.1. The molecule has 0 radical (unpaired) electrons. The first-order valence-electron chi connectivity index (χ1n) is 7.23. The molecule has 0 fully saturated rings. The number of aryl methyl sites for hydroxylation is 1. The van der Waals surface area contributed by atoms with Gasteiger partial charge in [0.2, 0.25) is 5.91 Å². The van der Waals surface area contributed by atoms with Crippen LogP contribution in [0.25, 0.3) is 0 Å². The molecule has 0 spiro atoms. The molecule has 0 atom stereocenters. The number of aliphatic carboxylic acids is 1. The van der Waals surface area contributed by atoms with E-state index in [1.165, 1.54) is 0 Å². The third-order valence-electron chi connectivity index (χ3n) is 3.34. The molecule has 1 heterocycles. The number of carbonyl (C=O) groups is 2. The lowest BCUT2D eigenvalue weighted by Crippen LogP contribution is -2.26. The molecule has 1 amide bonds. The largest absolute Gasteiger partial charge is 0.482 e. The zero-order valence-corrected chi connectivity index (χ0v) is 12.9. The summed E-state index contributed by atoms with van der Waals surface area (Å²) in [6, 6.07) is 8.88. The van der Waals surface area contributed by atoms with Crippen LogP contribution in [0.3, 0.4) is 0 Å². The number of furan rings is 1. The van der Waals surface area contributed by atoms with Crippen LogP contribution in [0.5, 0.6) is 5.75 Å². The molecule has 1 aromatic carbocycles. The summed E-state index contributed by atoms with van der Waals surface area (Å²) < 4.78 is 10.0. The Labute approximate surface area is 134 Å². The van der Waals surface area contributed by atoms with E-state index >= 15 is 0 Å². The molecule has 0 aliphatic heterocycles. The van der Waals surface area contributed by atoms with Gasteiger partial charge >= 0.3 is 5.97 Å². The van der Waals surface area contributed by atoms with Gasteiger partial charge in [0.05, 0.1) is 12.5 Å². The number of benzene rings is 1. The number of carbonyl (C=O) groups excluding carboxylic acids is 1. The number of hydrogen-bond donors (Lipinski definition) is 1. The summed E-state index contributed by atoms with van der Waals surface area (Å²) in [6.45, 7) is 0.120. The molecule has 23 heavy (non-hydrogen) atoms. The highest BCUT2D eigenvalue weighted by Gasteiger charge is 2.10. The smallest absolute Gasteiger partial charge is 0.341 e. The Bertz CT molecular complexity index is 634. The highest BCUT2D eigenvalue weighted by molar-refractivity contribution is 5.76. The Morgan fingerprint density at radius 2 is 1.91 bits per heavy atom. The molecule has 0 aliphatic carbocycles. The fourth-order valence-electron chi connectivity index (χ4n) is 2.08. The van der Waals surface area contributed by atoms with Crippen LogP contribution in [-0.2, 0) is 22.6 Å². The quantitative estimate of drug-likeness (QED) is 0.808. The summed E-state index contributed by atoms with van der Waals surface area (Å²) in [5, 5.41) is 8.55. The van der Waals surface area contributed by atoms with Gasteiger partial charge in [0.1, 0.15) is 5.75 Å². The van der Waals surface area contributed by atoms with E-state index in [0.29, 0.717) is 25.1 Å². The minimum absolute atomic E-state index is 0.0532. The lowest BCUT2D eigenvalue weighted by Gasteiger charge is -2.17. The molecular weight excluding hydrogens is 298 g/mol. The molecule has 0 bridgehead atoms. The maximum Gasteiger partial charge on any atom is 0.341 e. The van der Waals surface area contributed by atoms with Crippen molar-refractivity contribution in [1.82, 2.24) is 4.90 Å². The van der Waals surface area contributed by atoms with Gasteiger partial charge in [-0.05, 0) is 35.7 Å². The van der Waals surface area contributed by atoms with Gasteiger partial charge < -0.3 is 19.2 Å². The summed E-state index contributed by atoms with van der Waals surface area (Å²) in [5.74, 6) is -0.473. The Morgan fingerprint density at radius 1 is 1.17 bits per heavy atom. The Morgan fingerprint density at radius 3 is 2.52 bits per heavy atom. The molecule has 0 saturated heterocycles. The van der Waals surface area contributed by atoms with E-state index in [1.54, 1.807) is 36.6 Å². The van der Waals surface area contributed by atoms with E-state index in [0.717, 1.165) is 11.1 Å². The van der Waals surface area contributed by atoms with Crippen molar-refractivity contribution in [3.63, 3.8) is 0 Å². The SMILES string of the molecule is CN(Cc1ccc(OCC(=O)O)cc1)C(=O)CCc1ccoc1. The van der Waals surface area contributed by atoms with E-state index in [4.69, 9.17) is 14.3 Å². The Kier molecular flexibility index (Phi) is 5.80. The van der Waals surface area contributed by atoms with Crippen molar-refractivity contribution < 1.29 is 23.8 Å². The number of carboxylic acids is 1. The van der Waals surface area contributed by atoms with Crippen LogP contribution in [0.2, 0.25) is 0 Å². The monoisotopic (exact) mass is 317 g/mol. The normalized spacial score (nSPS) is 10.3. The van der Waals surface area contributed by atoms with Crippen molar-refractivity contribution in [3.8, 4) is 5.75 Å². The first kappa shape index (κ1) is 16.6. The highest BCUT2D eigenvalue weighted by Crippen LogP contribution is 2.14. The number of ether oxygens (including phenoxy) is 1. The van der Waals surface area contributed by atoms with Crippen molar-refractivity contribution >= 4 is 11.9 Å². The number of hydrogen-bond acceptors (Lipinski definition) is 4. The van der Waals surface area contributed by atoms with Gasteiger partial charge in [0.15, 0.2) is 6.61 Å². The summed E-state index contributed by atoms with van der Waals surface area (Å²) in [6.07, 6.45) is 4.32. The van der Waals surface area contributed by atoms with E-state index in [2.05, 4.69) is 0 Å². The average molecular weight is 317 g/mol. The molecule has 2 aromatic rings. The van der Waals surface area contributed by atoms with Crippen molar-refractivity contribution in [2.75, 3.05) is 13.7 Å². The minimum atomic E-state index is -1.02. The zero-order valence-electron chi connectivity index (χ0n) is 12.9. The number of rotatable bonds is 8. The lowest BCUT2D eigenvalue weighted by molar-refractivity contribution is -0.139. The summed E-state index contributed by atoms with van der Waals surface area (Å²) >= 11 is 0. The van der Waals surface area contributed by atoms with Gasteiger partial charge in [-0.15, -0.1) is 0 Å². The van der Waals surface area contributed by atoms with Gasteiger partial charge in [-0.25, -0.2) is 4.79 Å². The summed E-state index contributed by atoms with van der Waals surface area (Å²) in [4.78, 5) is 24.2. The topological polar surface area (TPSA) is 80.0 Å². The average Bonchev–Trinajstić information content (AvgIpc) is 3.05. The fraction of sp³-hybridized carbons (Fsp3) is 0.294. The predicted octanol–water partition coefficient (Wildman–Crippen LogP) is 2.33. The van der Waals surface area contributed by atoms with Gasteiger partial charge in [0, 0.05) is 20.0 Å². The Hall–Kier alpha value is -2.76. The first-order valence-corrected chi connectivity index (χ1v) is 7.23. The van der Waals surface area contributed by atoms with Gasteiger partial charge in [-0.2, -0.15) is 0 Å². The summed E-state index contributed by atoms with van der Waals surface area (Å²) in [5.41, 5.74) is 1.96.